The maximum absolute atomic E-state index is 13.1. The normalized spacial score (nSPS) is 19.1. The van der Waals surface area contributed by atoms with E-state index >= 15 is 0 Å². The van der Waals surface area contributed by atoms with E-state index < -0.39 is 29.6 Å². The van der Waals surface area contributed by atoms with Crippen molar-refractivity contribution >= 4 is 6.16 Å². The number of hydrogen-bond acceptors (Lipinski definition) is 4. The van der Waals surface area contributed by atoms with Gasteiger partial charge in [-0.25, -0.2) is 13.6 Å². The molecule has 0 bridgehead atoms. The van der Waals surface area contributed by atoms with E-state index in [2.05, 4.69) is 9.47 Å². The number of hydrogen-bond donors (Lipinski definition) is 0. The van der Waals surface area contributed by atoms with Crippen molar-refractivity contribution in [3.63, 3.8) is 0 Å². The Hall–Kier alpha value is -1.85. The van der Waals surface area contributed by atoms with Crippen LogP contribution in [0.25, 0.3) is 0 Å². The topological polar surface area (TPSA) is 44.8 Å². The molecule has 1 fully saturated rings. The molecule has 0 amide bonds. The highest BCUT2D eigenvalue weighted by Crippen LogP contribution is 2.21. The van der Waals surface area contributed by atoms with Crippen LogP contribution in [-0.4, -0.2) is 25.5 Å². The van der Waals surface area contributed by atoms with E-state index in [-0.39, 0.29) is 13.2 Å². The Balaban J connectivity index is 1.97. The summed E-state index contributed by atoms with van der Waals surface area (Å²) in [5.41, 5.74) is 0. The number of carbonyl (C=O) groups excluding carboxylic acids is 1. The van der Waals surface area contributed by atoms with Gasteiger partial charge < -0.3 is 14.2 Å². The molecule has 4 nitrogen and oxygen atoms in total. The van der Waals surface area contributed by atoms with E-state index in [0.717, 1.165) is 12.1 Å². The number of rotatable bonds is 3. The molecule has 1 aliphatic heterocycles. The summed E-state index contributed by atoms with van der Waals surface area (Å²) in [6.07, 6.45) is -1.44. The second-order valence-electron chi connectivity index (χ2n) is 3.16. The Labute approximate surface area is 89.7 Å². The van der Waals surface area contributed by atoms with Gasteiger partial charge in [-0.05, 0) is 12.1 Å². The van der Waals surface area contributed by atoms with Gasteiger partial charge in [-0.15, -0.1) is 0 Å². The molecule has 0 saturated carbocycles. The summed E-state index contributed by atoms with van der Waals surface area (Å²) in [5, 5.41) is 0. The Kier molecular flexibility index (Phi) is 2.89. The van der Waals surface area contributed by atoms with Gasteiger partial charge >= 0.3 is 6.16 Å². The lowest BCUT2D eigenvalue weighted by Gasteiger charge is -2.10. The third-order valence-corrected chi connectivity index (χ3v) is 1.98. The predicted molar refractivity (Wildman–Crippen MR) is 48.1 cm³/mol. The van der Waals surface area contributed by atoms with Gasteiger partial charge in [0.05, 0.1) is 0 Å². The summed E-state index contributed by atoms with van der Waals surface area (Å²) in [4.78, 5) is 10.6. The van der Waals surface area contributed by atoms with Crippen molar-refractivity contribution in [1.29, 1.82) is 0 Å². The van der Waals surface area contributed by atoms with Gasteiger partial charge in [-0.2, -0.15) is 0 Å². The SMILES string of the molecule is O=C1OCC(COc2c(F)cccc2F)O1. The Morgan fingerprint density at radius 1 is 1.38 bits per heavy atom. The van der Waals surface area contributed by atoms with E-state index in [0.29, 0.717) is 0 Å². The zero-order valence-electron chi connectivity index (χ0n) is 8.11. The molecule has 6 heteroatoms. The third-order valence-electron chi connectivity index (χ3n) is 1.98. The molecule has 0 spiro atoms. The first-order chi connectivity index (χ1) is 7.66. The molecule has 0 N–H and O–H groups in total. The van der Waals surface area contributed by atoms with E-state index in [4.69, 9.17) is 4.74 Å². The zero-order valence-corrected chi connectivity index (χ0v) is 8.11. The fourth-order valence-corrected chi connectivity index (χ4v) is 1.24. The van der Waals surface area contributed by atoms with Crippen molar-refractivity contribution in [2.75, 3.05) is 13.2 Å². The molecule has 16 heavy (non-hydrogen) atoms. The highest BCUT2D eigenvalue weighted by molar-refractivity contribution is 5.61. The van der Waals surface area contributed by atoms with Gasteiger partial charge in [0.2, 0.25) is 0 Å². The summed E-state index contributed by atoms with van der Waals surface area (Å²) in [6.45, 7) is -0.126. The minimum atomic E-state index is -0.803. The summed E-state index contributed by atoms with van der Waals surface area (Å²) >= 11 is 0. The molecular formula is C10H8F2O4. The summed E-state index contributed by atoms with van der Waals surface area (Å²) in [5.74, 6) is -2.08. The average Bonchev–Trinajstić information content (AvgIpc) is 2.63. The van der Waals surface area contributed by atoms with Crippen molar-refractivity contribution in [2.24, 2.45) is 0 Å². The van der Waals surface area contributed by atoms with Crippen LogP contribution in [0.1, 0.15) is 0 Å². The fourth-order valence-electron chi connectivity index (χ4n) is 1.24. The lowest BCUT2D eigenvalue weighted by molar-refractivity contribution is 0.0960. The molecule has 0 radical (unpaired) electrons. The number of benzene rings is 1. The van der Waals surface area contributed by atoms with Crippen LogP contribution >= 0.6 is 0 Å². The van der Waals surface area contributed by atoms with Crippen molar-refractivity contribution in [1.82, 2.24) is 0 Å². The van der Waals surface area contributed by atoms with Crippen LogP contribution in [0.3, 0.4) is 0 Å². The number of ether oxygens (including phenoxy) is 3. The molecular weight excluding hydrogens is 222 g/mol. The molecule has 1 aromatic carbocycles. The molecule has 2 rings (SSSR count). The lowest BCUT2D eigenvalue weighted by atomic mass is 10.3. The van der Waals surface area contributed by atoms with E-state index in [9.17, 15) is 13.6 Å². The average molecular weight is 230 g/mol. The number of carbonyl (C=O) groups is 1. The highest BCUT2D eigenvalue weighted by atomic mass is 19.1. The van der Waals surface area contributed by atoms with Crippen LogP contribution in [0.4, 0.5) is 13.6 Å². The van der Waals surface area contributed by atoms with Crippen molar-refractivity contribution in [3.8, 4) is 5.75 Å². The van der Waals surface area contributed by atoms with Gasteiger partial charge in [-0.1, -0.05) is 6.07 Å². The molecule has 1 aromatic rings. The number of para-hydroxylation sites is 1. The summed E-state index contributed by atoms with van der Waals surface area (Å²) in [7, 11) is 0. The highest BCUT2D eigenvalue weighted by Gasteiger charge is 2.26. The molecule has 1 unspecified atom stereocenters. The van der Waals surface area contributed by atoms with Gasteiger partial charge in [0.25, 0.3) is 0 Å². The van der Waals surface area contributed by atoms with Crippen LogP contribution < -0.4 is 4.74 Å². The summed E-state index contributed by atoms with van der Waals surface area (Å²) < 4.78 is 40.2. The van der Waals surface area contributed by atoms with Crippen LogP contribution in [0.15, 0.2) is 18.2 Å². The van der Waals surface area contributed by atoms with Crippen LogP contribution in [0, 0.1) is 11.6 Å². The molecule has 0 aliphatic carbocycles. The maximum atomic E-state index is 13.1. The second-order valence-corrected chi connectivity index (χ2v) is 3.16. The first-order valence-electron chi connectivity index (χ1n) is 4.57. The summed E-state index contributed by atoms with van der Waals surface area (Å²) in [6, 6.07) is 3.39. The molecule has 1 atom stereocenters. The quantitative estimate of drug-likeness (QED) is 0.743. The zero-order chi connectivity index (χ0) is 11.5. The monoisotopic (exact) mass is 230 g/mol. The Morgan fingerprint density at radius 2 is 2.06 bits per heavy atom. The Bertz CT molecular complexity index is 388. The van der Waals surface area contributed by atoms with E-state index in [1.807, 2.05) is 0 Å². The maximum Gasteiger partial charge on any atom is 0.508 e. The lowest BCUT2D eigenvalue weighted by Crippen LogP contribution is -2.20. The second kappa shape index (κ2) is 4.34. The Morgan fingerprint density at radius 3 is 2.62 bits per heavy atom. The minimum absolute atomic E-state index is 0.0227. The van der Waals surface area contributed by atoms with Crippen LogP contribution in [-0.2, 0) is 9.47 Å². The standard InChI is InChI=1S/C10H8F2O4/c11-7-2-1-3-8(12)9(7)14-4-6-5-15-10(13)16-6/h1-3,6H,4-5H2. The third kappa shape index (κ3) is 2.21. The predicted octanol–water partition coefficient (Wildman–Crippen LogP) is 1.88. The van der Waals surface area contributed by atoms with Gasteiger partial charge in [0.15, 0.2) is 23.5 Å². The molecule has 1 aliphatic rings. The minimum Gasteiger partial charge on any atom is -0.484 e. The first-order valence-corrected chi connectivity index (χ1v) is 4.57. The smallest absolute Gasteiger partial charge is 0.484 e. The van der Waals surface area contributed by atoms with Crippen LogP contribution in [0.2, 0.25) is 0 Å². The molecule has 1 heterocycles. The van der Waals surface area contributed by atoms with E-state index in [1.165, 1.54) is 6.07 Å². The van der Waals surface area contributed by atoms with Gasteiger partial charge in [0, 0.05) is 0 Å². The molecule has 86 valence electrons. The van der Waals surface area contributed by atoms with Crippen molar-refractivity contribution in [2.45, 2.75) is 6.10 Å². The van der Waals surface area contributed by atoms with Gasteiger partial charge in [-0.3, -0.25) is 0 Å². The fraction of sp³-hybridized carbons (Fsp3) is 0.300. The van der Waals surface area contributed by atoms with Crippen molar-refractivity contribution < 1.29 is 27.8 Å². The first kappa shape index (κ1) is 10.7. The molecule has 1 saturated heterocycles. The van der Waals surface area contributed by atoms with Crippen LogP contribution in [0.5, 0.6) is 5.75 Å². The largest absolute Gasteiger partial charge is 0.508 e. The molecule has 0 aromatic heterocycles. The van der Waals surface area contributed by atoms with E-state index in [1.54, 1.807) is 0 Å². The number of cyclic esters (lactones) is 2. The number of halogens is 2. The van der Waals surface area contributed by atoms with Crippen molar-refractivity contribution in [3.05, 3.63) is 29.8 Å². The van der Waals surface area contributed by atoms with Gasteiger partial charge in [0.1, 0.15) is 13.2 Å².